The summed E-state index contributed by atoms with van der Waals surface area (Å²) in [4.78, 5) is 29.9. The highest BCUT2D eigenvalue weighted by atomic mass is 32.2. The van der Waals surface area contributed by atoms with Crippen molar-refractivity contribution in [2.24, 2.45) is 16.8 Å². The number of hydrogen-bond acceptors (Lipinski definition) is 8. The molecule has 2 aromatic carbocycles. The molecular weight excluding hydrogens is 530 g/mol. The Morgan fingerprint density at radius 3 is 2.18 bits per heavy atom. The van der Waals surface area contributed by atoms with E-state index in [4.69, 9.17) is 14.2 Å². The smallest absolute Gasteiger partial charge is 0.325 e. The van der Waals surface area contributed by atoms with Crippen LogP contribution in [0.4, 0.5) is 0 Å². The van der Waals surface area contributed by atoms with Gasteiger partial charge >= 0.3 is 5.97 Å². The molecule has 4 rings (SSSR count). The van der Waals surface area contributed by atoms with Crippen LogP contribution in [-0.4, -0.2) is 63.6 Å². The van der Waals surface area contributed by atoms with Gasteiger partial charge in [0.25, 0.3) is 5.91 Å². The minimum absolute atomic E-state index is 0.136. The van der Waals surface area contributed by atoms with Crippen LogP contribution in [0.25, 0.3) is 10.2 Å². The number of hydrogen-bond donors (Lipinski definition) is 0. The Hall–Kier alpha value is -3.22. The van der Waals surface area contributed by atoms with E-state index in [-0.39, 0.29) is 33.6 Å². The molecule has 0 N–H and O–H groups in total. The molecule has 1 aromatic heterocycles. The SMILES string of the molecule is COC(=O)Cn1c(=NC(=O)c2ccc(S(=O)(=O)N3CC(C)CC(C)C3)cc2)sc2cc(OC)c(OC)cc21. The lowest BCUT2D eigenvalue weighted by atomic mass is 9.94. The molecule has 1 fully saturated rings. The van der Waals surface area contributed by atoms with Gasteiger partial charge in [-0.15, -0.1) is 0 Å². The molecule has 0 radical (unpaired) electrons. The Labute approximate surface area is 225 Å². The number of rotatable bonds is 7. The molecule has 2 heterocycles. The van der Waals surface area contributed by atoms with E-state index < -0.39 is 21.9 Å². The molecule has 2 unspecified atom stereocenters. The molecule has 38 heavy (non-hydrogen) atoms. The van der Waals surface area contributed by atoms with Crippen LogP contribution >= 0.6 is 11.3 Å². The first kappa shape index (κ1) is 27.8. The number of fused-ring (bicyclic) bond motifs is 1. The second-order valence-corrected chi connectivity index (χ2v) is 12.4. The van der Waals surface area contributed by atoms with Gasteiger partial charge in [-0.25, -0.2) is 8.42 Å². The molecule has 1 aliphatic rings. The van der Waals surface area contributed by atoms with E-state index in [0.29, 0.717) is 30.1 Å². The van der Waals surface area contributed by atoms with Gasteiger partial charge in [-0.1, -0.05) is 25.2 Å². The van der Waals surface area contributed by atoms with Gasteiger partial charge in [-0.2, -0.15) is 9.30 Å². The largest absolute Gasteiger partial charge is 0.493 e. The van der Waals surface area contributed by atoms with Crippen molar-refractivity contribution < 1.29 is 32.2 Å². The van der Waals surface area contributed by atoms with Crippen molar-refractivity contribution in [3.63, 3.8) is 0 Å². The Balaban J connectivity index is 1.69. The summed E-state index contributed by atoms with van der Waals surface area (Å²) in [6.45, 7) is 4.89. The van der Waals surface area contributed by atoms with Crippen LogP contribution in [0.15, 0.2) is 46.3 Å². The normalized spacial score (nSPS) is 18.9. The van der Waals surface area contributed by atoms with Crippen LogP contribution in [-0.2, 0) is 26.1 Å². The number of sulfonamides is 1. The molecular formula is C26H31N3O7S2. The van der Waals surface area contributed by atoms with Crippen molar-refractivity contribution in [3.8, 4) is 11.5 Å². The molecule has 3 aromatic rings. The number of aromatic nitrogens is 1. The number of ether oxygens (including phenoxy) is 3. The Kier molecular flexibility index (Phi) is 8.24. The maximum absolute atomic E-state index is 13.2. The van der Waals surface area contributed by atoms with Gasteiger partial charge in [0.15, 0.2) is 16.3 Å². The first-order chi connectivity index (χ1) is 18.1. The van der Waals surface area contributed by atoms with Gasteiger partial charge in [-0.3, -0.25) is 9.59 Å². The van der Waals surface area contributed by atoms with E-state index >= 15 is 0 Å². The van der Waals surface area contributed by atoms with Crippen LogP contribution in [0.5, 0.6) is 11.5 Å². The molecule has 0 bridgehead atoms. The zero-order chi connectivity index (χ0) is 27.6. The second-order valence-electron chi connectivity index (χ2n) is 9.43. The van der Waals surface area contributed by atoms with Crippen LogP contribution in [0.3, 0.4) is 0 Å². The van der Waals surface area contributed by atoms with E-state index in [1.165, 1.54) is 61.2 Å². The van der Waals surface area contributed by atoms with Gasteiger partial charge in [0.2, 0.25) is 10.0 Å². The van der Waals surface area contributed by atoms with Crippen molar-refractivity contribution in [1.29, 1.82) is 0 Å². The van der Waals surface area contributed by atoms with E-state index in [0.717, 1.165) is 11.1 Å². The molecule has 0 spiro atoms. The summed E-state index contributed by atoms with van der Waals surface area (Å²) in [7, 11) is 0.637. The molecule has 12 heteroatoms. The quantitative estimate of drug-likeness (QED) is 0.407. The second kappa shape index (κ2) is 11.3. The minimum atomic E-state index is -3.67. The molecule has 204 valence electrons. The zero-order valence-electron chi connectivity index (χ0n) is 22.0. The molecule has 0 aliphatic carbocycles. The van der Waals surface area contributed by atoms with Gasteiger partial charge < -0.3 is 18.8 Å². The lowest BCUT2D eigenvalue weighted by molar-refractivity contribution is -0.141. The van der Waals surface area contributed by atoms with Crippen LogP contribution < -0.4 is 14.3 Å². The van der Waals surface area contributed by atoms with Gasteiger partial charge in [0, 0.05) is 30.8 Å². The van der Waals surface area contributed by atoms with E-state index in [1.807, 2.05) is 13.8 Å². The van der Waals surface area contributed by atoms with Crippen molar-refractivity contribution in [3.05, 3.63) is 46.8 Å². The first-order valence-corrected chi connectivity index (χ1v) is 14.3. The lowest BCUT2D eigenvalue weighted by Gasteiger charge is -2.34. The number of piperidine rings is 1. The van der Waals surface area contributed by atoms with Crippen LogP contribution in [0.2, 0.25) is 0 Å². The Morgan fingerprint density at radius 2 is 1.61 bits per heavy atom. The molecule has 10 nitrogen and oxygen atoms in total. The van der Waals surface area contributed by atoms with Crippen LogP contribution in [0, 0.1) is 11.8 Å². The van der Waals surface area contributed by atoms with E-state index in [1.54, 1.807) is 16.7 Å². The first-order valence-electron chi connectivity index (χ1n) is 12.1. The number of carbonyl (C=O) groups is 2. The van der Waals surface area contributed by atoms with E-state index in [9.17, 15) is 18.0 Å². The number of thiazole rings is 1. The fourth-order valence-corrected chi connectivity index (χ4v) is 7.42. The number of amides is 1. The van der Waals surface area contributed by atoms with Gasteiger partial charge in [0.05, 0.1) is 36.4 Å². The van der Waals surface area contributed by atoms with Crippen molar-refractivity contribution in [2.75, 3.05) is 34.4 Å². The van der Waals surface area contributed by atoms with Gasteiger partial charge in [-0.05, 0) is 42.5 Å². The summed E-state index contributed by atoms with van der Waals surface area (Å²) in [5.41, 5.74) is 0.845. The van der Waals surface area contributed by atoms with Crippen molar-refractivity contribution in [2.45, 2.75) is 31.7 Å². The fourth-order valence-electron chi connectivity index (χ4n) is 4.70. The molecule has 1 saturated heterocycles. The highest BCUT2D eigenvalue weighted by Crippen LogP contribution is 2.33. The molecule has 0 saturated carbocycles. The Morgan fingerprint density at radius 1 is 1.00 bits per heavy atom. The van der Waals surface area contributed by atoms with Crippen LogP contribution in [0.1, 0.15) is 30.6 Å². The summed E-state index contributed by atoms with van der Waals surface area (Å²) in [6, 6.07) is 9.24. The average Bonchev–Trinajstić information content (AvgIpc) is 3.22. The number of benzene rings is 2. The standard InChI is InChI=1S/C26H31N3O7S2/c1-16-10-17(2)14-28(13-16)38(32,33)19-8-6-18(7-9-19)25(31)27-26-29(15-24(30)36-5)20-11-21(34-3)22(35-4)12-23(20)37-26/h6-9,11-12,16-17H,10,13-15H2,1-5H3. The highest BCUT2D eigenvalue weighted by Gasteiger charge is 2.31. The van der Waals surface area contributed by atoms with Gasteiger partial charge in [0.1, 0.15) is 6.54 Å². The van der Waals surface area contributed by atoms with Crippen molar-refractivity contribution in [1.82, 2.24) is 8.87 Å². The Bertz CT molecular complexity index is 1510. The molecule has 1 aliphatic heterocycles. The highest BCUT2D eigenvalue weighted by molar-refractivity contribution is 7.89. The maximum Gasteiger partial charge on any atom is 0.325 e. The lowest BCUT2D eigenvalue weighted by Crippen LogP contribution is -2.42. The monoisotopic (exact) mass is 561 g/mol. The summed E-state index contributed by atoms with van der Waals surface area (Å²) in [6.07, 6.45) is 0.994. The molecule has 1 amide bonds. The third-order valence-electron chi connectivity index (χ3n) is 6.47. The summed E-state index contributed by atoms with van der Waals surface area (Å²) < 4.78 is 45.8. The number of nitrogens with zero attached hydrogens (tertiary/aromatic N) is 3. The molecule has 2 atom stereocenters. The number of methoxy groups -OCH3 is 3. The number of esters is 1. The minimum Gasteiger partial charge on any atom is -0.493 e. The maximum atomic E-state index is 13.2. The summed E-state index contributed by atoms with van der Waals surface area (Å²) in [5, 5.41) is 0. The summed E-state index contributed by atoms with van der Waals surface area (Å²) in [5.74, 6) is 0.446. The van der Waals surface area contributed by atoms with Crippen molar-refractivity contribution >= 4 is 43.5 Å². The third-order valence-corrected chi connectivity index (χ3v) is 9.36. The topological polar surface area (TPSA) is 117 Å². The average molecular weight is 562 g/mol. The zero-order valence-corrected chi connectivity index (χ0v) is 23.6. The van der Waals surface area contributed by atoms with E-state index in [2.05, 4.69) is 4.99 Å². The third kappa shape index (κ3) is 5.62. The fraction of sp³-hybridized carbons (Fsp3) is 0.423. The summed E-state index contributed by atoms with van der Waals surface area (Å²) >= 11 is 1.20. The predicted octanol–water partition coefficient (Wildman–Crippen LogP) is 3.30. The number of carbonyl (C=O) groups excluding carboxylic acids is 2. The predicted molar refractivity (Wildman–Crippen MR) is 143 cm³/mol.